The van der Waals surface area contributed by atoms with Gasteiger partial charge in [-0.25, -0.2) is 4.79 Å². The van der Waals surface area contributed by atoms with Crippen LogP contribution in [0.15, 0.2) is 72.8 Å². The Labute approximate surface area is 133 Å². The van der Waals surface area contributed by atoms with E-state index in [9.17, 15) is 9.59 Å². The van der Waals surface area contributed by atoms with Gasteiger partial charge in [-0.2, -0.15) is 0 Å². The Bertz CT molecular complexity index is 853. The van der Waals surface area contributed by atoms with Gasteiger partial charge >= 0.3 is 5.97 Å². The number of primary amides is 1. The van der Waals surface area contributed by atoms with E-state index < -0.39 is 18.0 Å². The highest BCUT2D eigenvalue weighted by molar-refractivity contribution is 6.05. The first-order valence-electron chi connectivity index (χ1n) is 7.20. The smallest absolute Gasteiger partial charge is 0.339 e. The van der Waals surface area contributed by atoms with E-state index in [4.69, 9.17) is 10.5 Å². The fourth-order valence-electron chi connectivity index (χ4n) is 2.49. The maximum absolute atomic E-state index is 12.5. The van der Waals surface area contributed by atoms with Gasteiger partial charge in [0.1, 0.15) is 0 Å². The molecule has 0 radical (unpaired) electrons. The first kappa shape index (κ1) is 14.8. The summed E-state index contributed by atoms with van der Waals surface area (Å²) in [4.78, 5) is 24.2. The Balaban J connectivity index is 1.94. The van der Waals surface area contributed by atoms with Crippen LogP contribution in [0.1, 0.15) is 22.0 Å². The number of esters is 1. The molecule has 4 nitrogen and oxygen atoms in total. The van der Waals surface area contributed by atoms with Crippen LogP contribution in [-0.4, -0.2) is 11.9 Å². The summed E-state index contributed by atoms with van der Waals surface area (Å²) in [6, 6.07) is 21.6. The first-order chi connectivity index (χ1) is 11.2. The van der Waals surface area contributed by atoms with Crippen molar-refractivity contribution in [3.05, 3.63) is 83.9 Å². The third-order valence-corrected chi connectivity index (χ3v) is 3.60. The summed E-state index contributed by atoms with van der Waals surface area (Å²) >= 11 is 0. The minimum atomic E-state index is -1.11. The number of carbonyl (C=O) groups excluding carboxylic acids is 2. The number of hydrogen-bond acceptors (Lipinski definition) is 3. The molecule has 3 aromatic carbocycles. The standard InChI is InChI=1S/C19H15NO3/c20-18(21)17(14-8-2-1-3-9-14)23-19(22)16-12-6-10-13-7-4-5-11-15(13)16/h1-12,17H,(H2,20,21)/t17-/m0/s1. The number of amides is 1. The van der Waals surface area contributed by atoms with Gasteiger partial charge < -0.3 is 10.5 Å². The fourth-order valence-corrected chi connectivity index (χ4v) is 2.49. The van der Waals surface area contributed by atoms with Crippen molar-refractivity contribution in [2.75, 3.05) is 0 Å². The Kier molecular flexibility index (Phi) is 4.06. The van der Waals surface area contributed by atoms with Crippen molar-refractivity contribution < 1.29 is 14.3 Å². The lowest BCUT2D eigenvalue weighted by atomic mass is 10.0. The maximum Gasteiger partial charge on any atom is 0.339 e. The minimum absolute atomic E-state index is 0.408. The molecule has 0 aliphatic rings. The monoisotopic (exact) mass is 305 g/mol. The zero-order valence-electron chi connectivity index (χ0n) is 12.3. The van der Waals surface area contributed by atoms with Gasteiger partial charge in [0.2, 0.25) is 6.10 Å². The average molecular weight is 305 g/mol. The molecule has 0 unspecified atom stereocenters. The largest absolute Gasteiger partial charge is 0.444 e. The molecule has 0 aromatic heterocycles. The summed E-state index contributed by atoms with van der Waals surface area (Å²) in [5.41, 5.74) is 6.35. The van der Waals surface area contributed by atoms with E-state index in [1.165, 1.54) is 0 Å². The van der Waals surface area contributed by atoms with E-state index in [2.05, 4.69) is 0 Å². The number of hydrogen-bond donors (Lipinski definition) is 1. The Morgan fingerprint density at radius 1 is 0.826 bits per heavy atom. The van der Waals surface area contributed by atoms with Crippen molar-refractivity contribution in [2.24, 2.45) is 5.73 Å². The van der Waals surface area contributed by atoms with Gasteiger partial charge in [-0.3, -0.25) is 4.79 Å². The van der Waals surface area contributed by atoms with Gasteiger partial charge in [0, 0.05) is 5.56 Å². The summed E-state index contributed by atoms with van der Waals surface area (Å²) < 4.78 is 5.38. The molecule has 0 saturated carbocycles. The SMILES string of the molecule is NC(=O)[C@@H](OC(=O)c1cccc2ccccc12)c1ccccc1. The summed E-state index contributed by atoms with van der Waals surface area (Å²) in [7, 11) is 0. The molecule has 114 valence electrons. The van der Waals surface area contributed by atoms with Crippen molar-refractivity contribution in [1.82, 2.24) is 0 Å². The number of rotatable bonds is 4. The lowest BCUT2D eigenvalue weighted by molar-refractivity contribution is -0.127. The second kappa shape index (κ2) is 6.32. The Hall–Kier alpha value is -3.14. The van der Waals surface area contributed by atoms with Gasteiger partial charge in [0.25, 0.3) is 5.91 Å². The van der Waals surface area contributed by atoms with Crippen LogP contribution in [0, 0.1) is 0 Å². The quantitative estimate of drug-likeness (QED) is 0.752. The van der Waals surface area contributed by atoms with E-state index in [1.807, 2.05) is 36.4 Å². The van der Waals surface area contributed by atoms with Gasteiger partial charge in [0.15, 0.2) is 0 Å². The molecule has 0 fully saturated rings. The van der Waals surface area contributed by atoms with Gasteiger partial charge in [-0.05, 0) is 16.8 Å². The van der Waals surface area contributed by atoms with Crippen LogP contribution in [0.2, 0.25) is 0 Å². The highest BCUT2D eigenvalue weighted by atomic mass is 16.5. The molecule has 3 aromatic rings. The van der Waals surface area contributed by atoms with Crippen LogP contribution in [0.4, 0.5) is 0 Å². The van der Waals surface area contributed by atoms with Gasteiger partial charge in [0.05, 0.1) is 5.56 Å². The van der Waals surface area contributed by atoms with E-state index >= 15 is 0 Å². The number of ether oxygens (including phenoxy) is 1. The van der Waals surface area contributed by atoms with Crippen LogP contribution < -0.4 is 5.73 Å². The molecule has 2 N–H and O–H groups in total. The molecule has 0 aliphatic heterocycles. The molecule has 3 rings (SSSR count). The zero-order valence-corrected chi connectivity index (χ0v) is 12.3. The molecule has 23 heavy (non-hydrogen) atoms. The molecule has 0 bridgehead atoms. The number of carbonyl (C=O) groups is 2. The summed E-state index contributed by atoms with van der Waals surface area (Å²) in [5, 5.41) is 1.70. The third kappa shape index (κ3) is 3.06. The summed E-state index contributed by atoms with van der Waals surface area (Å²) in [6.07, 6.45) is -1.11. The number of benzene rings is 3. The number of fused-ring (bicyclic) bond motifs is 1. The molecule has 0 spiro atoms. The summed E-state index contributed by atoms with van der Waals surface area (Å²) in [6.45, 7) is 0. The van der Waals surface area contributed by atoms with Crippen LogP contribution in [-0.2, 0) is 9.53 Å². The Morgan fingerprint density at radius 3 is 2.22 bits per heavy atom. The van der Waals surface area contributed by atoms with Crippen LogP contribution in [0.25, 0.3) is 10.8 Å². The van der Waals surface area contributed by atoms with Crippen molar-refractivity contribution in [1.29, 1.82) is 0 Å². The second-order valence-electron chi connectivity index (χ2n) is 5.13. The van der Waals surface area contributed by atoms with Crippen LogP contribution in [0.3, 0.4) is 0 Å². The highest BCUT2D eigenvalue weighted by Crippen LogP contribution is 2.23. The lowest BCUT2D eigenvalue weighted by Gasteiger charge is -2.15. The van der Waals surface area contributed by atoms with E-state index in [0.29, 0.717) is 11.1 Å². The molecule has 4 heteroatoms. The van der Waals surface area contributed by atoms with E-state index in [0.717, 1.165) is 10.8 Å². The van der Waals surface area contributed by atoms with Crippen LogP contribution >= 0.6 is 0 Å². The molecule has 1 amide bonds. The fraction of sp³-hybridized carbons (Fsp3) is 0.0526. The predicted molar refractivity (Wildman–Crippen MR) is 87.7 cm³/mol. The van der Waals surface area contributed by atoms with Gasteiger partial charge in [-0.15, -0.1) is 0 Å². The van der Waals surface area contributed by atoms with Crippen molar-refractivity contribution in [3.63, 3.8) is 0 Å². The van der Waals surface area contributed by atoms with Crippen molar-refractivity contribution >= 4 is 22.6 Å². The molecular formula is C19H15NO3. The topological polar surface area (TPSA) is 69.4 Å². The van der Waals surface area contributed by atoms with Crippen LogP contribution in [0.5, 0.6) is 0 Å². The second-order valence-corrected chi connectivity index (χ2v) is 5.13. The molecule has 1 atom stereocenters. The Morgan fingerprint density at radius 2 is 1.48 bits per heavy atom. The molecular weight excluding hydrogens is 290 g/mol. The zero-order chi connectivity index (χ0) is 16.2. The molecule has 0 saturated heterocycles. The summed E-state index contributed by atoms with van der Waals surface area (Å²) in [5.74, 6) is -1.28. The average Bonchev–Trinajstić information content (AvgIpc) is 2.59. The number of nitrogens with two attached hydrogens (primary N) is 1. The predicted octanol–water partition coefficient (Wildman–Crippen LogP) is 3.22. The van der Waals surface area contributed by atoms with Crippen molar-refractivity contribution in [2.45, 2.75) is 6.10 Å². The molecule has 0 heterocycles. The van der Waals surface area contributed by atoms with E-state index in [1.54, 1.807) is 36.4 Å². The minimum Gasteiger partial charge on any atom is -0.444 e. The molecule has 0 aliphatic carbocycles. The third-order valence-electron chi connectivity index (χ3n) is 3.60. The van der Waals surface area contributed by atoms with Crippen molar-refractivity contribution in [3.8, 4) is 0 Å². The lowest BCUT2D eigenvalue weighted by Crippen LogP contribution is -2.26. The van der Waals surface area contributed by atoms with E-state index in [-0.39, 0.29) is 0 Å². The maximum atomic E-state index is 12.5. The first-order valence-corrected chi connectivity index (χ1v) is 7.20. The highest BCUT2D eigenvalue weighted by Gasteiger charge is 2.23. The van der Waals surface area contributed by atoms with Gasteiger partial charge in [-0.1, -0.05) is 66.7 Å². The normalized spacial score (nSPS) is 11.8.